The van der Waals surface area contributed by atoms with Crippen molar-refractivity contribution in [2.45, 2.75) is 56.0 Å². The smallest absolute Gasteiger partial charge is 0.103 e. The van der Waals surface area contributed by atoms with Crippen LogP contribution in [0.5, 0.6) is 0 Å². The molecule has 1 heteroatoms. The molecule has 0 aromatic heterocycles. The average molecular weight is 425 g/mol. The molecule has 0 spiro atoms. The number of fused-ring (bicyclic) bond motifs is 1. The van der Waals surface area contributed by atoms with Crippen LogP contribution < -0.4 is 10.4 Å². The maximum Gasteiger partial charge on any atom is 0.124 e. The first kappa shape index (κ1) is 20.8. The summed E-state index contributed by atoms with van der Waals surface area (Å²) in [5.74, 6) is 2.18. The van der Waals surface area contributed by atoms with Gasteiger partial charge in [-0.3, -0.25) is 0 Å². The van der Waals surface area contributed by atoms with Crippen molar-refractivity contribution in [3.8, 4) is 0 Å². The van der Waals surface area contributed by atoms with Crippen molar-refractivity contribution in [3.05, 3.63) is 97.6 Å². The number of allylic oxidation sites excluding steroid dienone is 5. The van der Waals surface area contributed by atoms with Crippen LogP contribution in [-0.4, -0.2) is 8.07 Å². The molecule has 3 aliphatic rings. The molecule has 2 saturated carbocycles. The van der Waals surface area contributed by atoms with Gasteiger partial charge >= 0.3 is 0 Å². The van der Waals surface area contributed by atoms with Gasteiger partial charge in [0.15, 0.2) is 0 Å². The summed E-state index contributed by atoms with van der Waals surface area (Å²) in [5.41, 5.74) is 1.64. The Morgan fingerprint density at radius 2 is 1.39 bits per heavy atom. The molecule has 31 heavy (non-hydrogen) atoms. The summed E-state index contributed by atoms with van der Waals surface area (Å²) in [4.78, 5) is 0. The third-order valence-electron chi connectivity index (χ3n) is 8.62. The van der Waals surface area contributed by atoms with Gasteiger partial charge in [-0.2, -0.15) is 0 Å². The zero-order chi connectivity index (χ0) is 21.1. The summed E-state index contributed by atoms with van der Waals surface area (Å²) >= 11 is 0. The SMILES string of the molecule is C=CCCC1CC([Si](c2ccccc2)(c2ccccc2)C2CCCC2)C2C=CC=CC12. The zero-order valence-electron chi connectivity index (χ0n) is 18.7. The van der Waals surface area contributed by atoms with E-state index in [-0.39, 0.29) is 0 Å². The van der Waals surface area contributed by atoms with E-state index in [0.29, 0.717) is 11.8 Å². The van der Waals surface area contributed by atoms with E-state index < -0.39 is 8.07 Å². The van der Waals surface area contributed by atoms with Crippen LogP contribution in [0.25, 0.3) is 0 Å². The predicted molar refractivity (Wildman–Crippen MR) is 137 cm³/mol. The van der Waals surface area contributed by atoms with E-state index in [0.717, 1.165) is 23.4 Å². The minimum Gasteiger partial charge on any atom is -0.103 e. The molecule has 4 atom stereocenters. The molecule has 0 N–H and O–H groups in total. The number of hydrogen-bond acceptors (Lipinski definition) is 0. The first-order valence-corrected chi connectivity index (χ1v) is 14.6. The second-order valence-corrected chi connectivity index (χ2v) is 14.4. The number of hydrogen-bond donors (Lipinski definition) is 0. The Labute approximate surface area is 189 Å². The Bertz CT molecular complexity index is 880. The van der Waals surface area contributed by atoms with E-state index >= 15 is 0 Å². The Kier molecular flexibility index (Phi) is 6.14. The van der Waals surface area contributed by atoms with Gasteiger partial charge in [-0.15, -0.1) is 6.58 Å². The van der Waals surface area contributed by atoms with Gasteiger partial charge in [-0.05, 0) is 48.1 Å². The summed E-state index contributed by atoms with van der Waals surface area (Å²) in [6.45, 7) is 4.03. The highest BCUT2D eigenvalue weighted by atomic mass is 28.3. The van der Waals surface area contributed by atoms with E-state index in [1.165, 1.54) is 38.5 Å². The molecule has 0 radical (unpaired) electrons. The minimum absolute atomic E-state index is 0.687. The summed E-state index contributed by atoms with van der Waals surface area (Å²) in [6, 6.07) is 23.6. The molecular formula is C30H36Si. The lowest BCUT2D eigenvalue weighted by atomic mass is 9.84. The first-order valence-electron chi connectivity index (χ1n) is 12.4. The van der Waals surface area contributed by atoms with Crippen LogP contribution in [-0.2, 0) is 0 Å². The Balaban J connectivity index is 1.69. The standard InChI is InChI=1S/C30H36Si/c1-2-3-14-24-23-30(29-22-13-12-21-28(24)29)31(27-19-10-11-20-27,25-15-6-4-7-16-25)26-17-8-5-9-18-26/h2,4-9,12-13,15-18,21-22,24,27-30H,1,3,10-11,14,19-20,23H2. The maximum atomic E-state index is 4.03. The van der Waals surface area contributed by atoms with Gasteiger partial charge in [0.25, 0.3) is 0 Å². The molecule has 160 valence electrons. The molecular weight excluding hydrogens is 388 g/mol. The molecule has 0 amide bonds. The first-order chi connectivity index (χ1) is 15.4. The second-order valence-electron chi connectivity index (χ2n) is 9.98. The van der Waals surface area contributed by atoms with Crippen LogP contribution in [0.2, 0.25) is 11.1 Å². The van der Waals surface area contributed by atoms with Crippen LogP contribution in [0.4, 0.5) is 0 Å². The molecule has 4 unspecified atom stereocenters. The lowest BCUT2D eigenvalue weighted by molar-refractivity contribution is 0.396. The van der Waals surface area contributed by atoms with Crippen molar-refractivity contribution >= 4 is 18.4 Å². The molecule has 0 bridgehead atoms. The zero-order valence-corrected chi connectivity index (χ0v) is 19.7. The summed E-state index contributed by atoms with van der Waals surface area (Å²) in [6.07, 6.45) is 21.4. The summed E-state index contributed by atoms with van der Waals surface area (Å²) in [5, 5.41) is 3.37. The Morgan fingerprint density at radius 1 is 0.806 bits per heavy atom. The van der Waals surface area contributed by atoms with Crippen molar-refractivity contribution in [1.82, 2.24) is 0 Å². The molecule has 0 saturated heterocycles. The van der Waals surface area contributed by atoms with Gasteiger partial charge in [0.05, 0.1) is 0 Å². The lowest BCUT2D eigenvalue weighted by Crippen LogP contribution is -2.65. The van der Waals surface area contributed by atoms with Gasteiger partial charge < -0.3 is 0 Å². The largest absolute Gasteiger partial charge is 0.124 e. The van der Waals surface area contributed by atoms with E-state index in [1.54, 1.807) is 10.4 Å². The molecule has 5 rings (SSSR count). The second kappa shape index (κ2) is 9.16. The maximum absolute atomic E-state index is 4.03. The minimum atomic E-state index is -1.98. The topological polar surface area (TPSA) is 0 Å². The van der Waals surface area contributed by atoms with E-state index in [2.05, 4.69) is 97.6 Å². The molecule has 2 aromatic rings. The summed E-state index contributed by atoms with van der Waals surface area (Å²) in [7, 11) is -1.98. The third-order valence-corrected chi connectivity index (χ3v) is 14.8. The van der Waals surface area contributed by atoms with Crippen molar-refractivity contribution < 1.29 is 0 Å². The predicted octanol–water partition coefficient (Wildman–Crippen LogP) is 6.91. The fourth-order valence-corrected chi connectivity index (χ4v) is 14.6. The van der Waals surface area contributed by atoms with Crippen molar-refractivity contribution in [1.29, 1.82) is 0 Å². The van der Waals surface area contributed by atoms with Crippen molar-refractivity contribution in [2.75, 3.05) is 0 Å². The highest BCUT2D eigenvalue weighted by molar-refractivity contribution is 7.04. The molecule has 2 aromatic carbocycles. The number of benzene rings is 2. The molecule has 3 aliphatic carbocycles. The molecule has 0 heterocycles. The fourth-order valence-electron chi connectivity index (χ4n) is 7.47. The Morgan fingerprint density at radius 3 is 1.97 bits per heavy atom. The van der Waals surface area contributed by atoms with Crippen LogP contribution in [0.1, 0.15) is 44.9 Å². The molecule has 0 nitrogen and oxygen atoms in total. The van der Waals surface area contributed by atoms with Gasteiger partial charge in [0.1, 0.15) is 8.07 Å². The van der Waals surface area contributed by atoms with Crippen LogP contribution in [0.15, 0.2) is 97.6 Å². The van der Waals surface area contributed by atoms with E-state index in [9.17, 15) is 0 Å². The fraction of sp³-hybridized carbons (Fsp3) is 0.400. The monoisotopic (exact) mass is 424 g/mol. The molecule has 0 aliphatic heterocycles. The highest BCUT2D eigenvalue weighted by Gasteiger charge is 2.57. The van der Waals surface area contributed by atoms with Crippen LogP contribution >= 0.6 is 0 Å². The normalized spacial score (nSPS) is 28.0. The number of rotatable bonds is 7. The average Bonchev–Trinajstić information content (AvgIpc) is 3.50. The quantitative estimate of drug-likeness (QED) is 0.335. The highest BCUT2D eigenvalue weighted by Crippen LogP contribution is 2.58. The van der Waals surface area contributed by atoms with Crippen molar-refractivity contribution in [3.63, 3.8) is 0 Å². The van der Waals surface area contributed by atoms with Gasteiger partial charge in [-0.25, -0.2) is 0 Å². The van der Waals surface area contributed by atoms with Gasteiger partial charge in [0.2, 0.25) is 0 Å². The summed E-state index contributed by atoms with van der Waals surface area (Å²) < 4.78 is 0. The van der Waals surface area contributed by atoms with Crippen LogP contribution in [0, 0.1) is 17.8 Å². The van der Waals surface area contributed by atoms with Crippen LogP contribution in [0.3, 0.4) is 0 Å². The Hall–Kier alpha value is -2.12. The lowest BCUT2D eigenvalue weighted by Gasteiger charge is -2.46. The molecule has 2 fully saturated rings. The van der Waals surface area contributed by atoms with Crippen molar-refractivity contribution in [2.24, 2.45) is 17.8 Å². The van der Waals surface area contributed by atoms with Gasteiger partial charge in [0, 0.05) is 0 Å². The van der Waals surface area contributed by atoms with E-state index in [1.807, 2.05) is 0 Å². The van der Waals surface area contributed by atoms with Gasteiger partial charge in [-0.1, -0.05) is 127 Å². The van der Waals surface area contributed by atoms with E-state index in [4.69, 9.17) is 0 Å². The third kappa shape index (κ3) is 3.61.